The molecule has 2 aromatic carbocycles. The van der Waals surface area contributed by atoms with Crippen LogP contribution < -0.4 is 43.6 Å². The van der Waals surface area contributed by atoms with Crippen LogP contribution in [-0.2, 0) is 20.8 Å². The number of amides is 4. The van der Waals surface area contributed by atoms with Gasteiger partial charge in [0.1, 0.15) is 23.9 Å². The number of hydrogen-bond donors (Lipinski definition) is 7. The summed E-state index contributed by atoms with van der Waals surface area (Å²) in [7, 11) is 0. The lowest BCUT2D eigenvalue weighted by molar-refractivity contribution is -0.132. The summed E-state index contributed by atoms with van der Waals surface area (Å²) in [4.78, 5) is 56.7. The molecule has 0 aliphatic heterocycles. The second kappa shape index (κ2) is 19.5. The number of thiophene rings is 1. The Kier molecular flexibility index (Phi) is 15.2. The van der Waals surface area contributed by atoms with Gasteiger partial charge < -0.3 is 43.6 Å². The molecule has 3 aromatic rings. The number of unbranched alkanes of at least 4 members (excludes halogenated alkanes) is 1. The largest absolute Gasteiger partial charge is 0.493 e. The molecule has 13 nitrogen and oxygen atoms in total. The van der Waals surface area contributed by atoms with Crippen molar-refractivity contribution in [2.24, 2.45) is 27.9 Å². The predicted molar refractivity (Wildman–Crippen MR) is 182 cm³/mol. The van der Waals surface area contributed by atoms with E-state index in [4.69, 9.17) is 27.7 Å². The van der Waals surface area contributed by atoms with E-state index >= 15 is 0 Å². The van der Waals surface area contributed by atoms with Gasteiger partial charge in [-0.05, 0) is 73.4 Å². The van der Waals surface area contributed by atoms with E-state index in [0.717, 1.165) is 12.0 Å². The molecule has 4 amide bonds. The Morgan fingerprint density at radius 1 is 0.787 bits per heavy atom. The number of guanidine groups is 1. The van der Waals surface area contributed by atoms with E-state index in [9.17, 15) is 19.2 Å². The van der Waals surface area contributed by atoms with Gasteiger partial charge in [-0.25, -0.2) is 0 Å². The summed E-state index contributed by atoms with van der Waals surface area (Å²) < 4.78 is 5.83. The van der Waals surface area contributed by atoms with Crippen LogP contribution in [0.25, 0.3) is 0 Å². The van der Waals surface area contributed by atoms with E-state index in [2.05, 4.69) is 20.9 Å². The Labute approximate surface area is 278 Å². The number of ether oxygens (including phenoxy) is 1. The molecule has 0 spiro atoms. The third-order valence-electron chi connectivity index (χ3n) is 7.18. The normalized spacial score (nSPS) is 12.6. The van der Waals surface area contributed by atoms with E-state index in [1.807, 2.05) is 30.3 Å². The summed E-state index contributed by atoms with van der Waals surface area (Å²) >= 11 is 1.23. The van der Waals surface area contributed by atoms with Crippen molar-refractivity contribution in [1.29, 1.82) is 0 Å². The monoisotopic (exact) mass is 664 g/mol. The number of aliphatic imine (C=N–C) groups is 1. The minimum Gasteiger partial charge on any atom is -0.493 e. The van der Waals surface area contributed by atoms with Gasteiger partial charge in [-0.2, -0.15) is 0 Å². The first-order chi connectivity index (χ1) is 22.7. The van der Waals surface area contributed by atoms with Crippen LogP contribution in [0, 0.1) is 0 Å². The number of carbonyl (C=O) groups excluding carboxylic acids is 4. The van der Waals surface area contributed by atoms with Crippen molar-refractivity contribution in [3.63, 3.8) is 0 Å². The van der Waals surface area contributed by atoms with Crippen LogP contribution in [0.3, 0.4) is 0 Å². The van der Waals surface area contributed by atoms with E-state index < -0.39 is 41.8 Å². The Morgan fingerprint density at radius 2 is 1.47 bits per heavy atom. The zero-order chi connectivity index (χ0) is 34.0. The van der Waals surface area contributed by atoms with Crippen LogP contribution >= 0.6 is 11.3 Å². The van der Waals surface area contributed by atoms with Gasteiger partial charge in [0, 0.05) is 13.0 Å². The number of benzene rings is 2. The predicted octanol–water partition coefficient (Wildman–Crippen LogP) is 1.48. The van der Waals surface area contributed by atoms with Gasteiger partial charge in [0.15, 0.2) is 5.96 Å². The van der Waals surface area contributed by atoms with Crippen molar-refractivity contribution < 1.29 is 23.9 Å². The molecule has 252 valence electrons. The van der Waals surface area contributed by atoms with E-state index in [1.165, 1.54) is 11.3 Å². The highest BCUT2D eigenvalue weighted by Gasteiger charge is 2.29. The Hall–Kier alpha value is -4.95. The number of nitrogens with two attached hydrogens (primary N) is 4. The first-order valence-corrected chi connectivity index (χ1v) is 16.3. The highest BCUT2D eigenvalue weighted by Crippen LogP contribution is 2.19. The molecule has 11 N–H and O–H groups in total. The molecule has 3 atom stereocenters. The number of nitrogens with zero attached hydrogens (tertiary/aromatic N) is 1. The molecular formula is C33H44N8O5S. The molecule has 0 fully saturated rings. The molecule has 3 rings (SSSR count). The van der Waals surface area contributed by atoms with Crippen molar-refractivity contribution in [1.82, 2.24) is 16.0 Å². The van der Waals surface area contributed by atoms with Gasteiger partial charge in [-0.3, -0.25) is 24.2 Å². The molecule has 0 unspecified atom stereocenters. The smallest absolute Gasteiger partial charge is 0.261 e. The van der Waals surface area contributed by atoms with Gasteiger partial charge in [0.25, 0.3) is 5.91 Å². The fraction of sp³-hybridized carbons (Fsp3) is 0.364. The van der Waals surface area contributed by atoms with E-state index in [0.29, 0.717) is 48.6 Å². The highest BCUT2D eigenvalue weighted by atomic mass is 32.1. The maximum absolute atomic E-state index is 13.6. The van der Waals surface area contributed by atoms with Crippen molar-refractivity contribution in [2.45, 2.75) is 56.7 Å². The molecule has 14 heteroatoms. The van der Waals surface area contributed by atoms with Gasteiger partial charge in [0.2, 0.25) is 17.7 Å². The Bertz CT molecular complexity index is 1450. The van der Waals surface area contributed by atoms with Crippen molar-refractivity contribution >= 4 is 40.9 Å². The van der Waals surface area contributed by atoms with Crippen LogP contribution in [-0.4, -0.2) is 61.4 Å². The average Bonchev–Trinajstić information content (AvgIpc) is 3.61. The summed E-state index contributed by atoms with van der Waals surface area (Å²) in [6.45, 7) is 1.11. The summed E-state index contributed by atoms with van der Waals surface area (Å²) in [6.07, 6.45) is 2.72. The molecule has 0 saturated carbocycles. The SMILES string of the molecule is NCCCC[C@H](NC(=O)[C@H](CCCN=C(N)N)NC(=O)c1cccs1)C(=O)N[C@H](C(N)=O)c1ccc(OCCc2ccccc2)cc1. The Morgan fingerprint density at radius 3 is 2.11 bits per heavy atom. The van der Waals surface area contributed by atoms with Crippen LogP contribution in [0.15, 0.2) is 77.1 Å². The minimum absolute atomic E-state index is 0.0838. The lowest BCUT2D eigenvalue weighted by Crippen LogP contribution is -2.54. The summed E-state index contributed by atoms with van der Waals surface area (Å²) in [5.41, 5.74) is 23.8. The maximum Gasteiger partial charge on any atom is 0.261 e. The van der Waals surface area contributed by atoms with Crippen LogP contribution in [0.2, 0.25) is 0 Å². The number of primary amides is 1. The summed E-state index contributed by atoms with van der Waals surface area (Å²) in [6, 6.07) is 16.8. The van der Waals surface area contributed by atoms with Crippen molar-refractivity contribution in [2.75, 3.05) is 19.7 Å². The van der Waals surface area contributed by atoms with Crippen LogP contribution in [0.1, 0.15) is 58.9 Å². The zero-order valence-electron chi connectivity index (χ0n) is 26.2. The fourth-order valence-electron chi connectivity index (χ4n) is 4.69. The lowest BCUT2D eigenvalue weighted by atomic mass is 10.0. The number of nitrogens with one attached hydrogen (secondary N) is 3. The maximum atomic E-state index is 13.6. The van der Waals surface area contributed by atoms with Crippen molar-refractivity contribution in [3.8, 4) is 5.75 Å². The van der Waals surface area contributed by atoms with E-state index in [1.54, 1.807) is 41.8 Å². The quantitative estimate of drug-likeness (QED) is 0.0530. The average molecular weight is 665 g/mol. The van der Waals surface area contributed by atoms with Crippen LogP contribution in [0.5, 0.6) is 5.75 Å². The number of rotatable bonds is 20. The highest BCUT2D eigenvalue weighted by molar-refractivity contribution is 7.12. The summed E-state index contributed by atoms with van der Waals surface area (Å²) in [5.74, 6) is -1.86. The standard InChI is InChI=1S/C33H44N8O5S/c34-18-5-4-10-25(39-30(43)26(11-6-19-38-33(36)37)40-32(45)27-12-7-21-47-27)31(44)41-28(29(35)42)23-13-15-24(16-14-23)46-20-17-22-8-2-1-3-9-22/h1-3,7-9,12-16,21,25-26,28H,4-6,10-11,17-20,34H2,(H2,35,42)(H,39,43)(H,40,45)(H,41,44)(H4,36,37,38)/t25-,26-,28-/m0/s1. The van der Waals surface area contributed by atoms with E-state index in [-0.39, 0.29) is 25.3 Å². The van der Waals surface area contributed by atoms with Crippen LogP contribution in [0.4, 0.5) is 0 Å². The molecule has 47 heavy (non-hydrogen) atoms. The molecule has 1 heterocycles. The number of hydrogen-bond acceptors (Lipinski definition) is 8. The molecule has 1 aromatic heterocycles. The Balaban J connectivity index is 1.69. The third-order valence-corrected chi connectivity index (χ3v) is 8.05. The second-order valence-electron chi connectivity index (χ2n) is 10.8. The summed E-state index contributed by atoms with van der Waals surface area (Å²) in [5, 5.41) is 9.94. The van der Waals surface area contributed by atoms with Crippen molar-refractivity contribution in [3.05, 3.63) is 88.1 Å². The number of carbonyl (C=O) groups is 4. The molecule has 0 radical (unpaired) electrons. The minimum atomic E-state index is -1.16. The van der Waals surface area contributed by atoms with Gasteiger partial charge in [-0.15, -0.1) is 11.3 Å². The lowest BCUT2D eigenvalue weighted by Gasteiger charge is -2.25. The first-order valence-electron chi connectivity index (χ1n) is 15.4. The molecular weight excluding hydrogens is 620 g/mol. The fourth-order valence-corrected chi connectivity index (χ4v) is 5.32. The van der Waals surface area contributed by atoms with Gasteiger partial charge >= 0.3 is 0 Å². The molecule has 0 aliphatic rings. The topological polar surface area (TPSA) is 230 Å². The van der Waals surface area contributed by atoms with Gasteiger partial charge in [-0.1, -0.05) is 48.5 Å². The second-order valence-corrected chi connectivity index (χ2v) is 11.7. The zero-order valence-corrected chi connectivity index (χ0v) is 27.0. The molecule has 0 saturated heterocycles. The van der Waals surface area contributed by atoms with Gasteiger partial charge in [0.05, 0.1) is 11.5 Å². The third kappa shape index (κ3) is 12.8. The molecule has 0 aliphatic carbocycles. The molecule has 0 bridgehead atoms. The first kappa shape index (κ1) is 36.5.